The van der Waals surface area contributed by atoms with E-state index in [1.165, 1.54) is 12.8 Å². The Morgan fingerprint density at radius 3 is 2.50 bits per heavy atom. The largest absolute Gasteiger partial charge is 0.231 e. The molecule has 2 nitrogen and oxygen atoms in total. The smallest absolute Gasteiger partial charge is 0.171 e. The molecule has 0 N–H and O–H groups in total. The summed E-state index contributed by atoms with van der Waals surface area (Å²) in [5, 5.41) is 0.488. The van der Waals surface area contributed by atoms with E-state index in [1.807, 2.05) is 6.07 Å². The van der Waals surface area contributed by atoms with Crippen LogP contribution in [0.25, 0.3) is 10.7 Å². The van der Waals surface area contributed by atoms with Crippen molar-refractivity contribution >= 4 is 70.7 Å². The second-order valence-corrected chi connectivity index (χ2v) is 8.42. The highest BCUT2D eigenvalue weighted by atomic mass is 79.9. The highest BCUT2D eigenvalue weighted by Crippen LogP contribution is 2.45. The van der Waals surface area contributed by atoms with Gasteiger partial charge in [-0.3, -0.25) is 0 Å². The zero-order valence-electron chi connectivity index (χ0n) is 8.88. The zero-order valence-corrected chi connectivity index (χ0v) is 15.2. The van der Waals surface area contributed by atoms with Crippen LogP contribution in [0.1, 0.15) is 24.5 Å². The molecule has 0 aromatic carbocycles. The maximum atomic E-state index is 6.17. The topological polar surface area (TPSA) is 25.8 Å². The van der Waals surface area contributed by atoms with E-state index < -0.39 is 0 Å². The first-order valence-corrected chi connectivity index (χ1v) is 8.81. The van der Waals surface area contributed by atoms with Gasteiger partial charge in [0.15, 0.2) is 5.82 Å². The lowest BCUT2D eigenvalue weighted by molar-refractivity contribution is 0.982. The van der Waals surface area contributed by atoms with E-state index in [0.717, 1.165) is 23.3 Å². The molecule has 94 valence electrons. The lowest BCUT2D eigenvalue weighted by Gasteiger charge is -2.05. The Balaban J connectivity index is 2.12. The molecular weight excluding hydrogens is 467 g/mol. The third kappa shape index (κ3) is 2.54. The van der Waals surface area contributed by atoms with Crippen LogP contribution in [0.5, 0.6) is 0 Å². The third-order valence-electron chi connectivity index (χ3n) is 2.67. The van der Waals surface area contributed by atoms with E-state index in [9.17, 15) is 0 Å². The Labute approximate surface area is 139 Å². The second kappa shape index (κ2) is 5.13. The van der Waals surface area contributed by atoms with Crippen molar-refractivity contribution in [3.8, 4) is 10.7 Å². The predicted octanol–water partition coefficient (Wildman–Crippen LogP) is 6.02. The normalized spacial score (nSPS) is 15.1. The molecule has 0 atom stereocenters. The minimum absolute atomic E-state index is 0.488. The van der Waals surface area contributed by atoms with Crippen molar-refractivity contribution in [2.45, 2.75) is 18.8 Å². The summed E-state index contributed by atoms with van der Waals surface area (Å²) < 4.78 is 2.89. The lowest BCUT2D eigenvalue weighted by Crippen LogP contribution is -1.96. The van der Waals surface area contributed by atoms with Crippen LogP contribution in [-0.4, -0.2) is 9.97 Å². The van der Waals surface area contributed by atoms with Gasteiger partial charge in [-0.15, -0.1) is 11.3 Å². The van der Waals surface area contributed by atoms with Crippen molar-refractivity contribution in [1.82, 2.24) is 9.97 Å². The van der Waals surface area contributed by atoms with Gasteiger partial charge in [0, 0.05) is 10.4 Å². The molecule has 0 radical (unpaired) electrons. The summed E-state index contributed by atoms with van der Waals surface area (Å²) in [7, 11) is 0. The van der Waals surface area contributed by atoms with Gasteiger partial charge in [0.25, 0.3) is 0 Å². The van der Waals surface area contributed by atoms with Gasteiger partial charge < -0.3 is 0 Å². The Bertz CT molecular complexity index is 605. The molecule has 7 heteroatoms. The van der Waals surface area contributed by atoms with Gasteiger partial charge in [-0.1, -0.05) is 11.6 Å². The predicted molar refractivity (Wildman–Crippen MR) is 85.4 cm³/mol. The molecule has 1 saturated carbocycles. The van der Waals surface area contributed by atoms with Crippen LogP contribution in [0.3, 0.4) is 0 Å². The maximum absolute atomic E-state index is 6.17. The summed E-state index contributed by atoms with van der Waals surface area (Å²) in [6, 6.07) is 2.00. The molecule has 0 bridgehead atoms. The molecule has 2 heterocycles. The molecule has 18 heavy (non-hydrogen) atoms. The van der Waals surface area contributed by atoms with Crippen LogP contribution in [0.4, 0.5) is 0 Å². The van der Waals surface area contributed by atoms with Gasteiger partial charge in [-0.25, -0.2) is 9.97 Å². The summed E-state index contributed by atoms with van der Waals surface area (Å²) in [5.74, 6) is 1.23. The van der Waals surface area contributed by atoms with Gasteiger partial charge in [0.05, 0.1) is 18.8 Å². The lowest BCUT2D eigenvalue weighted by atomic mass is 10.3. The Morgan fingerprint density at radius 2 is 1.94 bits per heavy atom. The monoisotopic (exact) mass is 470 g/mol. The highest BCUT2D eigenvalue weighted by Gasteiger charge is 2.29. The quantitative estimate of drug-likeness (QED) is 0.499. The first-order valence-electron chi connectivity index (χ1n) is 5.24. The van der Waals surface area contributed by atoms with Crippen LogP contribution in [-0.2, 0) is 0 Å². The number of thiophene rings is 1. The summed E-state index contributed by atoms with van der Waals surface area (Å²) >= 11 is 18.2. The van der Waals surface area contributed by atoms with Crippen molar-refractivity contribution in [3.63, 3.8) is 0 Å². The molecule has 1 aliphatic rings. The fourth-order valence-corrected chi connectivity index (χ4v) is 4.28. The van der Waals surface area contributed by atoms with Crippen molar-refractivity contribution in [3.05, 3.63) is 29.6 Å². The van der Waals surface area contributed by atoms with E-state index in [2.05, 4.69) is 57.8 Å². The fraction of sp³-hybridized carbons (Fsp3) is 0.273. The number of nitrogens with zero attached hydrogens (tertiary/aromatic N) is 2. The molecule has 0 saturated heterocycles. The minimum atomic E-state index is 0.488. The Kier molecular flexibility index (Phi) is 3.84. The third-order valence-corrected chi connectivity index (χ3v) is 7.20. The van der Waals surface area contributed by atoms with Crippen molar-refractivity contribution < 1.29 is 0 Å². The van der Waals surface area contributed by atoms with Gasteiger partial charge in [0.2, 0.25) is 0 Å². The minimum Gasteiger partial charge on any atom is -0.231 e. The summed E-state index contributed by atoms with van der Waals surface area (Å²) in [6.07, 6.45) is 2.37. The number of rotatable bonds is 2. The molecule has 0 amide bonds. The van der Waals surface area contributed by atoms with Gasteiger partial charge in [-0.2, -0.15) is 0 Å². The molecule has 0 spiro atoms. The van der Waals surface area contributed by atoms with E-state index >= 15 is 0 Å². The first-order chi connectivity index (χ1) is 8.56. The van der Waals surface area contributed by atoms with Gasteiger partial charge >= 0.3 is 0 Å². The Morgan fingerprint density at radius 1 is 1.22 bits per heavy atom. The number of hydrogen-bond acceptors (Lipinski definition) is 3. The van der Waals surface area contributed by atoms with Gasteiger partial charge in [0.1, 0.15) is 5.15 Å². The summed E-state index contributed by atoms with van der Waals surface area (Å²) in [5.41, 5.74) is 1.03. The molecule has 3 rings (SSSR count). The van der Waals surface area contributed by atoms with Crippen LogP contribution in [0.2, 0.25) is 5.15 Å². The van der Waals surface area contributed by atoms with E-state index in [-0.39, 0.29) is 0 Å². The molecule has 2 aromatic rings. The average Bonchev–Trinajstić information content (AvgIpc) is 3.10. The molecule has 1 aliphatic carbocycles. The number of halogens is 4. The molecule has 2 aromatic heterocycles. The molecule has 1 fully saturated rings. The van der Waals surface area contributed by atoms with Crippen molar-refractivity contribution in [1.29, 1.82) is 0 Å². The first kappa shape index (κ1) is 13.5. The van der Waals surface area contributed by atoms with Gasteiger partial charge in [-0.05, 0) is 66.7 Å². The van der Waals surface area contributed by atoms with E-state index in [0.29, 0.717) is 16.9 Å². The highest BCUT2D eigenvalue weighted by molar-refractivity contribution is 9.13. The summed E-state index contributed by atoms with van der Waals surface area (Å²) in [6.45, 7) is 0. The van der Waals surface area contributed by atoms with Crippen LogP contribution in [0.15, 0.2) is 18.8 Å². The van der Waals surface area contributed by atoms with Crippen molar-refractivity contribution in [2.75, 3.05) is 0 Å². The molecule has 0 aliphatic heterocycles. The van der Waals surface area contributed by atoms with Crippen LogP contribution < -0.4 is 0 Å². The number of hydrogen-bond donors (Lipinski definition) is 0. The van der Waals surface area contributed by atoms with E-state index in [4.69, 9.17) is 11.6 Å². The second-order valence-electron chi connectivity index (χ2n) is 4.04. The summed E-state index contributed by atoms with van der Waals surface area (Å²) in [4.78, 5) is 10.00. The molecular formula is C11H6Br3ClN2S. The van der Waals surface area contributed by atoms with E-state index in [1.54, 1.807) is 11.3 Å². The zero-order chi connectivity index (χ0) is 12.9. The average molecular weight is 473 g/mol. The van der Waals surface area contributed by atoms with Crippen molar-refractivity contribution in [2.24, 2.45) is 0 Å². The Hall–Kier alpha value is 0.510. The molecule has 0 unspecified atom stereocenters. The van der Waals surface area contributed by atoms with Crippen LogP contribution >= 0.6 is 70.7 Å². The number of aromatic nitrogens is 2. The standard InChI is InChI=1S/C11H6Br3ClN2S/c12-5-3-6(18-9(5)14)11-16-8(4-1-2-4)7(13)10(15)17-11/h3-4H,1-2H2. The van der Waals surface area contributed by atoms with Crippen LogP contribution in [0, 0.1) is 0 Å². The maximum Gasteiger partial charge on any atom is 0.171 e. The SMILES string of the molecule is Clc1nc(-c2cc(Br)c(Br)s2)nc(C2CC2)c1Br. The fourth-order valence-electron chi connectivity index (χ4n) is 1.63.